The Kier molecular flexibility index (Phi) is 75.0. The van der Waals surface area contributed by atoms with Crippen molar-refractivity contribution >= 4 is 86.5 Å². The molecule has 0 aromatic carbocycles. The van der Waals surface area contributed by atoms with E-state index in [-0.39, 0.29) is 147 Å². The molecule has 615 valence electrons. The molecular formula is C69H140BCl3N6NaO24. The van der Waals surface area contributed by atoms with Crippen LogP contribution in [0.3, 0.4) is 0 Å². The summed E-state index contributed by atoms with van der Waals surface area (Å²) in [5.74, 6) is 0.850. The van der Waals surface area contributed by atoms with Crippen LogP contribution in [0.4, 0.5) is 28.8 Å². The number of nitrogens with two attached hydrogens (primary N) is 1. The molecule has 0 aromatic heterocycles. The van der Waals surface area contributed by atoms with Crippen LogP contribution in [0.15, 0.2) is 24.3 Å². The molecule has 4 amide bonds. The first kappa shape index (κ1) is 121. The quantitative estimate of drug-likeness (QED) is 0.0365. The molecule has 3 radical (unpaired) electrons. The first-order chi connectivity index (χ1) is 45.4. The van der Waals surface area contributed by atoms with Crippen molar-refractivity contribution in [2.45, 2.75) is 263 Å². The molecule has 35 heteroatoms. The van der Waals surface area contributed by atoms with Gasteiger partial charge < -0.3 is 110 Å². The number of aliphatic hydroxyl groups is 6. The smallest absolute Gasteiger partial charge is 1.00 e. The maximum absolute atomic E-state index is 11.9. The van der Waals surface area contributed by atoms with Crippen LogP contribution in [0.1, 0.15) is 182 Å². The largest absolute Gasteiger partial charge is 1.00 e. The Morgan fingerprint density at radius 3 is 1.27 bits per heavy atom. The molecule has 8 unspecified atom stereocenters. The maximum Gasteiger partial charge on any atom is 1.00 e. The summed E-state index contributed by atoms with van der Waals surface area (Å²) in [7, 11) is 1.00. The van der Waals surface area contributed by atoms with E-state index in [1.54, 1.807) is 109 Å². The van der Waals surface area contributed by atoms with Gasteiger partial charge in [0, 0.05) is 66.6 Å². The molecular weight excluding hydrogens is 1440 g/mol. The van der Waals surface area contributed by atoms with Crippen LogP contribution >= 0.6 is 35.6 Å². The number of ketones is 1. The van der Waals surface area contributed by atoms with E-state index in [9.17, 15) is 38.7 Å². The van der Waals surface area contributed by atoms with Crippen molar-refractivity contribution in [1.82, 2.24) is 25.3 Å². The SMILES string of the molecule is C.C=C(CCl)CCl.C=C1COC(C)CN(C(=O)OC(C)(C)C)C1.CC(C)(C)OC(=O)OC(=O)OC(C)(C)C.CC(O)CN.CC(O)CNC(=O)OC(C)(C)C.CC1CN(C(=O)OC(C)(C)C)CC(=O)CO1.CC1CN(C(=O)OC(C)(C)C)CC(O)CO1.CC1CNCC(O)CO1.CCO.CO.Cl.[B].[H-].[Na+]. The van der Waals surface area contributed by atoms with Crippen molar-refractivity contribution in [2.75, 3.05) is 117 Å². The number of aliphatic hydroxyl groups excluding tert-OH is 6. The van der Waals surface area contributed by atoms with Gasteiger partial charge in [-0.15, -0.1) is 35.6 Å². The summed E-state index contributed by atoms with van der Waals surface area (Å²) < 4.78 is 55.7. The molecule has 0 bridgehead atoms. The van der Waals surface area contributed by atoms with Crippen LogP contribution in [0.5, 0.6) is 0 Å². The molecule has 4 heterocycles. The Balaban J connectivity index is -0.000000107. The molecule has 0 aromatic rings. The molecule has 104 heavy (non-hydrogen) atoms. The zero-order chi connectivity index (χ0) is 79.8. The molecule has 4 saturated heterocycles. The number of hydrogen-bond acceptors (Lipinski definition) is 26. The molecule has 0 spiro atoms. The molecule has 4 aliphatic heterocycles. The van der Waals surface area contributed by atoms with Gasteiger partial charge in [-0.1, -0.05) is 20.6 Å². The Hall–Kier alpha value is -3.58. The number of nitrogens with zero attached hydrogens (tertiary/aromatic N) is 3. The third-order valence-electron chi connectivity index (χ3n) is 10.3. The predicted molar refractivity (Wildman–Crippen MR) is 407 cm³/mol. The third-order valence-corrected chi connectivity index (χ3v) is 11.0. The minimum Gasteiger partial charge on any atom is -1.00 e. The van der Waals surface area contributed by atoms with Crippen LogP contribution in [-0.4, -0.2) is 296 Å². The van der Waals surface area contributed by atoms with Crippen LogP contribution in [0, 0.1) is 0 Å². The monoisotopic (exact) mass is 1580 g/mol. The van der Waals surface area contributed by atoms with E-state index in [1.165, 1.54) is 9.80 Å². The topological polar surface area (TPSA) is 402 Å². The average Bonchev–Trinajstić information content (AvgIpc) is 1.84. The average molecular weight is 1580 g/mol. The number of Topliss-reactive ketones (excluding diaryl/α,β-unsaturated/α-hetero) is 1. The fraction of sp³-hybridized carbons (Fsp3) is 0.841. The van der Waals surface area contributed by atoms with E-state index in [0.29, 0.717) is 64.2 Å². The first-order valence-electron chi connectivity index (χ1n) is 33.1. The summed E-state index contributed by atoms with van der Waals surface area (Å²) >= 11 is 10.5. The predicted octanol–water partition coefficient (Wildman–Crippen LogP) is 6.28. The molecule has 4 rings (SSSR count). The third kappa shape index (κ3) is 87.3. The maximum atomic E-state index is 11.9. The Bertz CT molecular complexity index is 2160. The van der Waals surface area contributed by atoms with Crippen LogP contribution in [0.25, 0.3) is 0 Å². The van der Waals surface area contributed by atoms with Gasteiger partial charge in [-0.3, -0.25) is 9.69 Å². The number of rotatable bonds is 5. The number of allylic oxidation sites excluding steroid dienone is 1. The summed E-state index contributed by atoms with van der Waals surface area (Å²) in [6, 6.07) is 0. The van der Waals surface area contributed by atoms with Gasteiger partial charge in [0.2, 0.25) is 0 Å². The van der Waals surface area contributed by atoms with Crippen LogP contribution in [0.2, 0.25) is 0 Å². The van der Waals surface area contributed by atoms with Crippen molar-refractivity contribution < 1.29 is 147 Å². The van der Waals surface area contributed by atoms with E-state index < -0.39 is 76.4 Å². The number of nitrogens with one attached hydrogen (secondary N) is 2. The number of carbonyl (C=O) groups excluding carboxylic acids is 7. The van der Waals surface area contributed by atoms with Crippen molar-refractivity contribution in [3.8, 4) is 0 Å². The van der Waals surface area contributed by atoms with E-state index in [4.69, 9.17) is 102 Å². The van der Waals surface area contributed by atoms with Gasteiger partial charge in [-0.05, 0) is 184 Å². The number of amides is 4. The van der Waals surface area contributed by atoms with Gasteiger partial charge in [-0.2, -0.15) is 0 Å². The van der Waals surface area contributed by atoms with Gasteiger partial charge in [0.1, 0.15) is 40.2 Å². The fourth-order valence-corrected chi connectivity index (χ4v) is 6.67. The Morgan fingerprint density at radius 1 is 0.596 bits per heavy atom. The summed E-state index contributed by atoms with van der Waals surface area (Å²) in [5.41, 5.74) is 3.30. The number of alkyl carbamates (subject to hydrolysis) is 1. The molecule has 30 nitrogen and oxygen atoms in total. The van der Waals surface area contributed by atoms with Gasteiger partial charge in [0.15, 0.2) is 5.78 Å². The molecule has 0 aliphatic carbocycles. The Labute approximate surface area is 665 Å². The van der Waals surface area contributed by atoms with Crippen molar-refractivity contribution in [3.63, 3.8) is 0 Å². The minimum absolute atomic E-state index is 0. The van der Waals surface area contributed by atoms with Gasteiger partial charge in [0.25, 0.3) is 0 Å². The Morgan fingerprint density at radius 2 is 0.923 bits per heavy atom. The molecule has 4 aliphatic rings. The number of β-amino-alcohol motifs (C(OH)–C–C–N with tert-alkyl or cyclic N) is 2. The minimum atomic E-state index is -1.06. The van der Waals surface area contributed by atoms with Crippen LogP contribution < -0.4 is 45.9 Å². The summed E-state index contributed by atoms with van der Waals surface area (Å²) in [6.07, 6.45) is -5.58. The van der Waals surface area contributed by atoms with E-state index in [1.807, 2.05) is 69.2 Å². The van der Waals surface area contributed by atoms with Crippen molar-refractivity contribution in [1.29, 1.82) is 0 Å². The van der Waals surface area contributed by atoms with Gasteiger partial charge in [0.05, 0.1) is 101 Å². The number of hydrogen-bond donors (Lipinski definition) is 9. The van der Waals surface area contributed by atoms with E-state index >= 15 is 0 Å². The van der Waals surface area contributed by atoms with Crippen LogP contribution in [-0.2, 0) is 56.9 Å². The number of ether oxygens (including phenoxy) is 11. The second-order valence-corrected chi connectivity index (χ2v) is 29.6. The first-order valence-corrected chi connectivity index (χ1v) is 34.2. The fourth-order valence-electron chi connectivity index (χ4n) is 6.39. The summed E-state index contributed by atoms with van der Waals surface area (Å²) in [6.45, 7) is 57.6. The number of halogens is 3. The standard InChI is InChI=1S/C12H21NO3.C11H21NO4.C11H19NO4.C10H18O5.C8H17NO3.C6H13NO2.C4H6Cl2.C3H9NO.C2H6O.CH4O.CH4.B.ClH.Na.H/c1-9-6-13(7-10(2)15-8-9)11(14)16-12(3,4)5;2*1-8-5-12(6-9(13)7-15-8)10(14)16-11(2,3)4;1-9(2,3)14-7(11)13-8(12)15-10(4,5)6;1-6(10)5-9-7(11)12-8(2,3)4;1-5-2-7-3-6(8)4-9-5;1-4(2-5)3-6;1-3(5)2-4;1-2-3;1-2;;;;;/h10H,1,6-8H2,2-5H3;8-9,13H,5-7H2,1-4H3;8H,5-7H2,1-4H3;1-6H3;6,10H,5H2,1-4H3,(H,9,11);5-8H,2-4H2,1H3;1-3H2;3,5H,2,4H2,1H3;3H,2H2,1H3;2H,1H3;1H4;;1H;;/q;;;;;;;;;;;;;+1;-1. The summed E-state index contributed by atoms with van der Waals surface area (Å²) in [5, 5.41) is 55.7. The molecule has 4 fully saturated rings. The zero-order valence-corrected chi connectivity index (χ0v) is 71.6. The molecule has 8 atom stereocenters. The normalized spacial score (nSPS) is 19.3. The van der Waals surface area contributed by atoms with Crippen molar-refractivity contribution in [3.05, 3.63) is 24.3 Å². The van der Waals surface area contributed by atoms with E-state index in [0.717, 1.165) is 24.8 Å². The summed E-state index contributed by atoms with van der Waals surface area (Å²) in [4.78, 5) is 84.2. The van der Waals surface area contributed by atoms with E-state index in [2.05, 4.69) is 28.5 Å². The molecule has 0 saturated carbocycles. The number of alkyl halides is 2. The van der Waals surface area contributed by atoms with Gasteiger partial charge in [-0.25, -0.2) is 28.8 Å². The number of carbonyl (C=O) groups is 7. The van der Waals surface area contributed by atoms with Gasteiger partial charge >= 0.3 is 66.2 Å². The second-order valence-electron chi connectivity index (χ2n) is 29.1. The van der Waals surface area contributed by atoms with Crippen molar-refractivity contribution in [2.24, 2.45) is 5.73 Å². The second kappa shape index (κ2) is 64.3. The molecule has 10 N–H and O–H groups in total. The zero-order valence-electron chi connectivity index (χ0n) is 68.2.